The van der Waals surface area contributed by atoms with Gasteiger partial charge in [-0.05, 0) is 51.2 Å². The lowest BCUT2D eigenvalue weighted by Crippen LogP contribution is -2.24. The summed E-state index contributed by atoms with van der Waals surface area (Å²) in [6.07, 6.45) is 0. The molecule has 3 N–H and O–H groups in total. The van der Waals surface area contributed by atoms with Gasteiger partial charge in [-0.3, -0.25) is 0 Å². The predicted molar refractivity (Wildman–Crippen MR) is 72.0 cm³/mol. The lowest BCUT2D eigenvalue weighted by molar-refractivity contribution is 0.00696. The van der Waals surface area contributed by atoms with Gasteiger partial charge in [0.1, 0.15) is 5.60 Å². The number of esters is 1. The lowest BCUT2D eigenvalue weighted by Gasteiger charge is -2.19. The zero-order valence-corrected chi connectivity index (χ0v) is 10.9. The Morgan fingerprint density at radius 3 is 2.59 bits per heavy atom. The lowest BCUT2D eigenvalue weighted by atomic mass is 10.1. The fourth-order valence-electron chi connectivity index (χ4n) is 1.20. The number of hydrogen-bond donors (Lipinski definition) is 2. The zero-order valence-electron chi connectivity index (χ0n) is 10.1. The molecular weight excluding hydrogens is 236 g/mol. The van der Waals surface area contributed by atoms with Crippen molar-refractivity contribution < 1.29 is 9.53 Å². The molecule has 0 saturated heterocycles. The molecule has 1 rings (SSSR count). The Kier molecular flexibility index (Phi) is 4.07. The molecule has 0 aliphatic carbocycles. The topological polar surface area (TPSA) is 64.3 Å². The first-order chi connectivity index (χ1) is 7.78. The van der Waals surface area contributed by atoms with Crippen LogP contribution in [0, 0.1) is 0 Å². The normalized spacial score (nSPS) is 10.8. The van der Waals surface area contributed by atoms with Crippen LogP contribution >= 0.6 is 12.2 Å². The van der Waals surface area contributed by atoms with Crippen LogP contribution in [-0.4, -0.2) is 16.7 Å². The largest absolute Gasteiger partial charge is 0.456 e. The molecule has 0 unspecified atom stereocenters. The number of anilines is 1. The van der Waals surface area contributed by atoms with Crippen LogP contribution in [0.1, 0.15) is 31.1 Å². The number of hydrogen-bond acceptors (Lipinski definition) is 3. The van der Waals surface area contributed by atoms with E-state index in [0.717, 1.165) is 0 Å². The minimum atomic E-state index is -0.510. The molecule has 0 radical (unpaired) electrons. The summed E-state index contributed by atoms with van der Waals surface area (Å²) in [7, 11) is 0. The van der Waals surface area contributed by atoms with E-state index in [0.29, 0.717) is 11.3 Å². The van der Waals surface area contributed by atoms with Crippen LogP contribution in [-0.2, 0) is 4.74 Å². The van der Waals surface area contributed by atoms with Crippen molar-refractivity contribution in [3.05, 3.63) is 29.8 Å². The van der Waals surface area contributed by atoms with Crippen molar-refractivity contribution in [2.75, 3.05) is 5.32 Å². The summed E-state index contributed by atoms with van der Waals surface area (Å²) in [5, 5.41) is 2.92. The van der Waals surface area contributed by atoms with Crippen molar-refractivity contribution in [1.29, 1.82) is 0 Å². The monoisotopic (exact) mass is 252 g/mol. The summed E-state index contributed by atoms with van der Waals surface area (Å²) in [5.74, 6) is -0.371. The van der Waals surface area contributed by atoms with E-state index in [4.69, 9.17) is 22.7 Å². The second-order valence-corrected chi connectivity index (χ2v) is 5.01. The zero-order chi connectivity index (χ0) is 13.1. The van der Waals surface area contributed by atoms with Crippen molar-refractivity contribution in [2.45, 2.75) is 26.4 Å². The molecule has 5 heteroatoms. The van der Waals surface area contributed by atoms with Gasteiger partial charge in [0.15, 0.2) is 5.11 Å². The molecule has 92 valence electrons. The Morgan fingerprint density at radius 1 is 1.41 bits per heavy atom. The Hall–Kier alpha value is -1.62. The van der Waals surface area contributed by atoms with Crippen LogP contribution < -0.4 is 11.1 Å². The van der Waals surface area contributed by atoms with Gasteiger partial charge in [-0.25, -0.2) is 4.79 Å². The van der Waals surface area contributed by atoms with Crippen molar-refractivity contribution in [2.24, 2.45) is 5.73 Å². The number of ether oxygens (including phenoxy) is 1. The molecule has 1 aromatic carbocycles. The summed E-state index contributed by atoms with van der Waals surface area (Å²) in [6.45, 7) is 5.46. The fourth-order valence-corrected chi connectivity index (χ4v) is 1.32. The summed E-state index contributed by atoms with van der Waals surface area (Å²) in [5.41, 5.74) is 5.97. The standard InChI is InChI=1S/C12H16N2O2S/c1-12(2,3)16-10(15)8-5-4-6-9(7-8)14-11(13)17/h4-7H,1-3H3,(H3,13,14,17). The van der Waals surface area contributed by atoms with E-state index in [1.807, 2.05) is 20.8 Å². The maximum absolute atomic E-state index is 11.8. The van der Waals surface area contributed by atoms with Gasteiger partial charge in [-0.2, -0.15) is 0 Å². The van der Waals surface area contributed by atoms with E-state index in [9.17, 15) is 4.79 Å². The number of benzene rings is 1. The number of rotatable bonds is 2. The highest BCUT2D eigenvalue weighted by Gasteiger charge is 2.17. The van der Waals surface area contributed by atoms with Crippen molar-refractivity contribution in [1.82, 2.24) is 0 Å². The average molecular weight is 252 g/mol. The molecule has 0 fully saturated rings. The Bertz CT molecular complexity index is 438. The molecule has 0 bridgehead atoms. The van der Waals surface area contributed by atoms with E-state index in [2.05, 4.69) is 5.32 Å². The van der Waals surface area contributed by atoms with E-state index >= 15 is 0 Å². The van der Waals surface area contributed by atoms with Crippen LogP contribution in [0.3, 0.4) is 0 Å². The quantitative estimate of drug-likeness (QED) is 0.624. The molecule has 0 aliphatic rings. The number of carbonyl (C=O) groups excluding carboxylic acids is 1. The van der Waals surface area contributed by atoms with Gasteiger partial charge in [0.2, 0.25) is 0 Å². The Labute approximate surface area is 106 Å². The number of carbonyl (C=O) groups is 1. The first-order valence-corrected chi connectivity index (χ1v) is 5.58. The van der Waals surface area contributed by atoms with E-state index in [1.165, 1.54) is 0 Å². The minimum absolute atomic E-state index is 0.159. The summed E-state index contributed by atoms with van der Waals surface area (Å²) in [6, 6.07) is 6.83. The minimum Gasteiger partial charge on any atom is -0.456 e. The third-order valence-electron chi connectivity index (χ3n) is 1.76. The average Bonchev–Trinajstić information content (AvgIpc) is 2.14. The van der Waals surface area contributed by atoms with Gasteiger partial charge in [0.05, 0.1) is 5.56 Å². The molecular formula is C12H16N2O2S. The Morgan fingerprint density at radius 2 is 2.06 bits per heavy atom. The van der Waals surface area contributed by atoms with Crippen LogP contribution in [0.4, 0.5) is 5.69 Å². The first kappa shape index (κ1) is 13.4. The molecule has 1 aromatic rings. The van der Waals surface area contributed by atoms with E-state index in [1.54, 1.807) is 24.3 Å². The third kappa shape index (κ3) is 4.82. The van der Waals surface area contributed by atoms with Crippen molar-refractivity contribution in [3.8, 4) is 0 Å². The first-order valence-electron chi connectivity index (χ1n) is 5.18. The second-order valence-electron chi connectivity index (χ2n) is 4.57. The summed E-state index contributed by atoms with van der Waals surface area (Å²) < 4.78 is 5.25. The number of thiocarbonyl (C=S) groups is 1. The molecule has 0 saturated carbocycles. The summed E-state index contributed by atoms with van der Waals surface area (Å²) in [4.78, 5) is 11.8. The van der Waals surface area contributed by atoms with Crippen molar-refractivity contribution >= 4 is 29.0 Å². The fraction of sp³-hybridized carbons (Fsp3) is 0.333. The van der Waals surface area contributed by atoms with Gasteiger partial charge >= 0.3 is 5.97 Å². The SMILES string of the molecule is CC(C)(C)OC(=O)c1cccc(NC(N)=S)c1. The second kappa shape index (κ2) is 5.14. The molecule has 4 nitrogen and oxygen atoms in total. The van der Waals surface area contributed by atoms with Gasteiger partial charge in [0, 0.05) is 5.69 Å². The summed E-state index contributed by atoms with van der Waals surface area (Å²) >= 11 is 4.72. The highest BCUT2D eigenvalue weighted by Crippen LogP contribution is 2.15. The predicted octanol–water partition coefficient (Wildman–Crippen LogP) is 2.30. The van der Waals surface area contributed by atoms with Gasteiger partial charge in [0.25, 0.3) is 0 Å². The molecule has 0 aliphatic heterocycles. The molecule has 0 aromatic heterocycles. The highest BCUT2D eigenvalue weighted by molar-refractivity contribution is 7.80. The van der Waals surface area contributed by atoms with Gasteiger partial charge in [-0.1, -0.05) is 6.07 Å². The van der Waals surface area contributed by atoms with Crippen LogP contribution in [0.15, 0.2) is 24.3 Å². The number of nitrogens with one attached hydrogen (secondary N) is 1. The smallest absolute Gasteiger partial charge is 0.338 e. The maximum atomic E-state index is 11.8. The van der Waals surface area contributed by atoms with Crippen molar-refractivity contribution in [3.63, 3.8) is 0 Å². The molecule has 17 heavy (non-hydrogen) atoms. The molecule has 0 heterocycles. The molecule has 0 atom stereocenters. The van der Waals surface area contributed by atoms with Crippen LogP contribution in [0.2, 0.25) is 0 Å². The Balaban J connectivity index is 2.84. The number of nitrogens with two attached hydrogens (primary N) is 1. The van der Waals surface area contributed by atoms with E-state index in [-0.39, 0.29) is 11.1 Å². The molecule has 0 amide bonds. The van der Waals surface area contributed by atoms with E-state index < -0.39 is 5.60 Å². The van der Waals surface area contributed by atoms with Crippen LogP contribution in [0.5, 0.6) is 0 Å². The van der Waals surface area contributed by atoms with Gasteiger partial charge in [-0.15, -0.1) is 0 Å². The van der Waals surface area contributed by atoms with Crippen LogP contribution in [0.25, 0.3) is 0 Å². The van der Waals surface area contributed by atoms with Gasteiger partial charge < -0.3 is 15.8 Å². The maximum Gasteiger partial charge on any atom is 0.338 e. The highest BCUT2D eigenvalue weighted by atomic mass is 32.1. The molecule has 0 spiro atoms. The third-order valence-corrected chi connectivity index (χ3v) is 1.87.